The average molecular weight is 320 g/mol. The van der Waals surface area contributed by atoms with Gasteiger partial charge in [-0.05, 0) is 25.0 Å². The van der Waals surface area contributed by atoms with Gasteiger partial charge in [0, 0.05) is 24.5 Å². The zero-order valence-corrected chi connectivity index (χ0v) is 11.8. The van der Waals surface area contributed by atoms with Crippen molar-refractivity contribution in [1.29, 1.82) is 0 Å². The Bertz CT molecular complexity index is 412. The number of likely N-dealkylation sites (N-methyl/N-ethyl adjacent to an activating group) is 1. The van der Waals surface area contributed by atoms with Crippen molar-refractivity contribution in [2.75, 3.05) is 18.4 Å². The quantitative estimate of drug-likeness (QED) is 0.738. The number of halogens is 3. The van der Waals surface area contributed by atoms with Gasteiger partial charge in [-0.1, -0.05) is 22.0 Å². The van der Waals surface area contributed by atoms with Crippen molar-refractivity contribution in [2.45, 2.75) is 19.8 Å². The second-order valence-electron chi connectivity index (χ2n) is 3.93. The smallest absolute Gasteiger partial charge is 0.227 e. The fraction of sp³-hybridized carbons (Fsp3) is 0.462. The maximum atomic E-state index is 13.4. The topological polar surface area (TPSA) is 20.3 Å². The molecular formula is C13H16BrF2NO. The Morgan fingerprint density at radius 3 is 2.67 bits per heavy atom. The van der Waals surface area contributed by atoms with E-state index in [1.54, 1.807) is 4.90 Å². The molecule has 0 bridgehead atoms. The molecule has 1 aromatic carbocycles. The number of hydrogen-bond acceptors (Lipinski definition) is 1. The predicted molar refractivity (Wildman–Crippen MR) is 70.7 cm³/mol. The van der Waals surface area contributed by atoms with Crippen LogP contribution in [0.4, 0.5) is 8.78 Å². The first kappa shape index (κ1) is 15.1. The van der Waals surface area contributed by atoms with Gasteiger partial charge in [-0.3, -0.25) is 4.79 Å². The molecule has 0 aliphatic heterocycles. The predicted octanol–water partition coefficient (Wildman–Crippen LogP) is 3.14. The van der Waals surface area contributed by atoms with Crippen molar-refractivity contribution in [2.24, 2.45) is 0 Å². The minimum absolute atomic E-state index is 0.0256. The van der Waals surface area contributed by atoms with E-state index in [2.05, 4.69) is 15.9 Å². The maximum Gasteiger partial charge on any atom is 0.227 e. The molecule has 5 heteroatoms. The van der Waals surface area contributed by atoms with Crippen LogP contribution in [0.1, 0.15) is 18.9 Å². The summed E-state index contributed by atoms with van der Waals surface area (Å²) in [6, 6.07) is 3.29. The van der Waals surface area contributed by atoms with Crippen LogP contribution in [0.15, 0.2) is 18.2 Å². The van der Waals surface area contributed by atoms with Crippen molar-refractivity contribution in [3.05, 3.63) is 35.4 Å². The van der Waals surface area contributed by atoms with E-state index in [1.165, 1.54) is 12.1 Å². The van der Waals surface area contributed by atoms with E-state index >= 15 is 0 Å². The van der Waals surface area contributed by atoms with Gasteiger partial charge in [0.15, 0.2) is 0 Å². The van der Waals surface area contributed by atoms with Crippen molar-refractivity contribution >= 4 is 21.8 Å². The van der Waals surface area contributed by atoms with Crippen molar-refractivity contribution in [3.8, 4) is 0 Å². The van der Waals surface area contributed by atoms with Crippen LogP contribution in [-0.4, -0.2) is 29.2 Å². The molecule has 1 aromatic rings. The zero-order chi connectivity index (χ0) is 13.5. The number of carbonyl (C=O) groups excluding carboxylic acids is 1. The third kappa shape index (κ3) is 4.37. The molecule has 0 saturated carbocycles. The lowest BCUT2D eigenvalue weighted by Gasteiger charge is -2.20. The normalized spacial score (nSPS) is 10.4. The number of carbonyl (C=O) groups is 1. The molecule has 2 nitrogen and oxygen atoms in total. The van der Waals surface area contributed by atoms with Crippen LogP contribution < -0.4 is 0 Å². The molecule has 100 valence electrons. The van der Waals surface area contributed by atoms with Gasteiger partial charge in [0.2, 0.25) is 5.91 Å². The van der Waals surface area contributed by atoms with Gasteiger partial charge < -0.3 is 4.90 Å². The van der Waals surface area contributed by atoms with Gasteiger partial charge in [-0.25, -0.2) is 8.78 Å². The molecule has 0 radical (unpaired) electrons. The van der Waals surface area contributed by atoms with Crippen LogP contribution in [0.5, 0.6) is 0 Å². The summed E-state index contributed by atoms with van der Waals surface area (Å²) < 4.78 is 26.1. The van der Waals surface area contributed by atoms with Gasteiger partial charge in [0.05, 0.1) is 6.42 Å². The third-order valence-electron chi connectivity index (χ3n) is 2.65. The zero-order valence-electron chi connectivity index (χ0n) is 10.3. The highest BCUT2D eigenvalue weighted by atomic mass is 79.9. The van der Waals surface area contributed by atoms with E-state index in [9.17, 15) is 13.6 Å². The Morgan fingerprint density at radius 1 is 1.39 bits per heavy atom. The van der Waals surface area contributed by atoms with Gasteiger partial charge >= 0.3 is 0 Å². The lowest BCUT2D eigenvalue weighted by molar-refractivity contribution is -0.130. The number of hydrogen-bond donors (Lipinski definition) is 0. The first-order valence-electron chi connectivity index (χ1n) is 5.86. The van der Waals surface area contributed by atoms with E-state index in [0.29, 0.717) is 13.1 Å². The van der Waals surface area contributed by atoms with Crippen LogP contribution in [0.3, 0.4) is 0 Å². The summed E-state index contributed by atoms with van der Waals surface area (Å²) in [4.78, 5) is 13.6. The molecule has 0 saturated heterocycles. The van der Waals surface area contributed by atoms with Crippen LogP contribution in [0, 0.1) is 11.6 Å². The van der Waals surface area contributed by atoms with Crippen molar-refractivity contribution < 1.29 is 13.6 Å². The number of nitrogens with zero attached hydrogens (tertiary/aromatic N) is 1. The second kappa shape index (κ2) is 7.46. The number of alkyl halides is 1. The lowest BCUT2D eigenvalue weighted by Crippen LogP contribution is -2.33. The van der Waals surface area contributed by atoms with Gasteiger partial charge in [-0.15, -0.1) is 0 Å². The molecule has 1 amide bonds. The molecule has 0 N–H and O–H groups in total. The summed E-state index contributed by atoms with van der Waals surface area (Å²) in [5.41, 5.74) is 0.235. The highest BCUT2D eigenvalue weighted by Crippen LogP contribution is 2.11. The molecule has 0 unspecified atom stereocenters. The molecule has 0 heterocycles. The fourth-order valence-corrected chi connectivity index (χ4v) is 1.90. The minimum Gasteiger partial charge on any atom is -0.343 e. The van der Waals surface area contributed by atoms with Gasteiger partial charge in [0.25, 0.3) is 0 Å². The largest absolute Gasteiger partial charge is 0.343 e. The Hall–Kier alpha value is -0.970. The van der Waals surface area contributed by atoms with Crippen LogP contribution in [-0.2, 0) is 11.2 Å². The molecule has 1 rings (SSSR count). The average Bonchev–Trinajstić information content (AvgIpc) is 2.34. The van der Waals surface area contributed by atoms with Crippen LogP contribution in [0.2, 0.25) is 0 Å². The van der Waals surface area contributed by atoms with E-state index < -0.39 is 11.6 Å². The first-order chi connectivity index (χ1) is 8.58. The monoisotopic (exact) mass is 319 g/mol. The first-order valence-corrected chi connectivity index (χ1v) is 6.98. The van der Waals surface area contributed by atoms with Crippen LogP contribution >= 0.6 is 15.9 Å². The summed E-state index contributed by atoms with van der Waals surface area (Å²) in [5, 5.41) is 0.821. The molecule has 0 fully saturated rings. The van der Waals surface area contributed by atoms with E-state index in [-0.39, 0.29) is 17.9 Å². The van der Waals surface area contributed by atoms with E-state index in [1.807, 2.05) is 6.92 Å². The molecule has 18 heavy (non-hydrogen) atoms. The highest BCUT2D eigenvalue weighted by molar-refractivity contribution is 9.09. The Kier molecular flexibility index (Phi) is 6.25. The van der Waals surface area contributed by atoms with E-state index in [0.717, 1.165) is 17.8 Å². The van der Waals surface area contributed by atoms with Gasteiger partial charge in [0.1, 0.15) is 11.6 Å². The molecule has 0 atom stereocenters. The van der Waals surface area contributed by atoms with Crippen LogP contribution in [0.25, 0.3) is 0 Å². The maximum absolute atomic E-state index is 13.4. The Morgan fingerprint density at radius 2 is 2.11 bits per heavy atom. The highest BCUT2D eigenvalue weighted by Gasteiger charge is 2.14. The summed E-state index contributed by atoms with van der Waals surface area (Å²) in [7, 11) is 0. The van der Waals surface area contributed by atoms with Crippen molar-refractivity contribution in [1.82, 2.24) is 4.90 Å². The molecule has 0 spiro atoms. The third-order valence-corrected chi connectivity index (χ3v) is 3.21. The molecule has 0 aliphatic carbocycles. The fourth-order valence-electron chi connectivity index (χ4n) is 1.65. The van der Waals surface area contributed by atoms with Crippen molar-refractivity contribution in [3.63, 3.8) is 0 Å². The standard InChI is InChI=1S/C13H16BrF2NO/c1-2-17(7-3-6-14)13(18)8-10-4-5-11(15)9-12(10)16/h4-5,9H,2-3,6-8H2,1H3. The minimum atomic E-state index is -0.667. The second-order valence-corrected chi connectivity index (χ2v) is 4.72. The summed E-state index contributed by atoms with van der Waals surface area (Å²) >= 11 is 3.30. The Labute approximate surface area is 114 Å². The number of rotatable bonds is 6. The van der Waals surface area contributed by atoms with E-state index in [4.69, 9.17) is 0 Å². The SMILES string of the molecule is CCN(CCCBr)C(=O)Cc1ccc(F)cc1F. The number of amides is 1. The summed E-state index contributed by atoms with van der Waals surface area (Å²) in [6.07, 6.45) is 0.827. The van der Waals surface area contributed by atoms with Gasteiger partial charge in [-0.2, -0.15) is 0 Å². The summed E-state index contributed by atoms with van der Waals surface area (Å²) in [6.45, 7) is 3.12. The lowest BCUT2D eigenvalue weighted by atomic mass is 10.1. The molecular weight excluding hydrogens is 304 g/mol. The number of benzene rings is 1. The molecule has 0 aliphatic rings. The molecule has 0 aromatic heterocycles. The summed E-state index contributed by atoms with van der Waals surface area (Å²) in [5.74, 6) is -1.43. The Balaban J connectivity index is 2.67.